The molecular weight excluding hydrogens is 254 g/mol. The summed E-state index contributed by atoms with van der Waals surface area (Å²) in [6.07, 6.45) is 22.4. The maximum absolute atomic E-state index is 2.49. The third kappa shape index (κ3) is 8.34. The van der Waals surface area contributed by atoms with Crippen LogP contribution in [0.25, 0.3) is 0 Å². The molecule has 21 heavy (non-hydrogen) atoms. The maximum Gasteiger partial charge on any atom is 0.0468 e. The summed E-state index contributed by atoms with van der Waals surface area (Å²) in [5, 5.41) is 0. The first-order chi connectivity index (χ1) is 10.3. The lowest BCUT2D eigenvalue weighted by Crippen LogP contribution is -2.31. The minimum absolute atomic E-state index is 0.595. The zero-order valence-electron chi connectivity index (χ0n) is 14.7. The first-order valence-electron chi connectivity index (χ1n) is 9.36. The molecule has 0 aliphatic carbocycles. The smallest absolute Gasteiger partial charge is 0.0468 e. The van der Waals surface area contributed by atoms with E-state index in [0.717, 1.165) is 0 Å². The summed E-state index contributed by atoms with van der Waals surface area (Å²) in [6.45, 7) is 8.06. The van der Waals surface area contributed by atoms with Gasteiger partial charge in [-0.15, -0.1) is 0 Å². The fourth-order valence-corrected chi connectivity index (χ4v) is 3.06. The number of hydrogen-bond acceptors (Lipinski definition) is 1. The summed E-state index contributed by atoms with van der Waals surface area (Å²) in [5.74, 6) is 0. The largest absolute Gasteiger partial charge is 0.371 e. The van der Waals surface area contributed by atoms with Crippen LogP contribution in [0.4, 0.5) is 0 Å². The molecule has 1 heterocycles. The van der Waals surface area contributed by atoms with E-state index in [0.29, 0.717) is 6.04 Å². The van der Waals surface area contributed by atoms with Gasteiger partial charge in [0.15, 0.2) is 0 Å². The van der Waals surface area contributed by atoms with Gasteiger partial charge in [0.05, 0.1) is 0 Å². The molecule has 1 aliphatic rings. The normalized spacial score (nSPS) is 18.1. The quantitative estimate of drug-likeness (QED) is 0.373. The van der Waals surface area contributed by atoms with Gasteiger partial charge < -0.3 is 4.90 Å². The molecule has 0 aromatic carbocycles. The molecule has 0 aromatic heterocycles. The van der Waals surface area contributed by atoms with Crippen LogP contribution in [0.15, 0.2) is 23.9 Å². The molecule has 0 saturated carbocycles. The summed E-state index contributed by atoms with van der Waals surface area (Å²) in [7, 11) is 0. The fourth-order valence-electron chi connectivity index (χ4n) is 3.06. The van der Waals surface area contributed by atoms with Crippen LogP contribution in [0.2, 0.25) is 0 Å². The summed E-state index contributed by atoms with van der Waals surface area (Å²) >= 11 is 0. The molecule has 1 heteroatoms. The van der Waals surface area contributed by atoms with E-state index >= 15 is 0 Å². The van der Waals surface area contributed by atoms with Crippen LogP contribution in [0.5, 0.6) is 0 Å². The van der Waals surface area contributed by atoms with E-state index in [1.165, 1.54) is 82.7 Å². The van der Waals surface area contributed by atoms with Gasteiger partial charge in [0.2, 0.25) is 0 Å². The van der Waals surface area contributed by atoms with E-state index in [9.17, 15) is 0 Å². The van der Waals surface area contributed by atoms with Crippen molar-refractivity contribution < 1.29 is 0 Å². The Morgan fingerprint density at radius 1 is 0.857 bits per heavy atom. The molecular formula is C20H37N. The second-order valence-electron chi connectivity index (χ2n) is 6.70. The Hall–Kier alpha value is -0.720. The van der Waals surface area contributed by atoms with Gasteiger partial charge in [-0.3, -0.25) is 0 Å². The van der Waals surface area contributed by atoms with E-state index in [1.807, 2.05) is 0 Å². The van der Waals surface area contributed by atoms with Crippen molar-refractivity contribution in [3.63, 3.8) is 0 Å². The molecule has 1 aliphatic heterocycles. The molecule has 0 saturated heterocycles. The second-order valence-corrected chi connectivity index (χ2v) is 6.70. The maximum atomic E-state index is 2.49. The average molecular weight is 292 g/mol. The molecule has 122 valence electrons. The first kappa shape index (κ1) is 18.3. The lowest BCUT2D eigenvalue weighted by Gasteiger charge is -2.30. The van der Waals surface area contributed by atoms with E-state index < -0.39 is 0 Å². The topological polar surface area (TPSA) is 3.24 Å². The third-order valence-corrected chi connectivity index (χ3v) is 4.81. The van der Waals surface area contributed by atoms with Crippen molar-refractivity contribution in [1.29, 1.82) is 0 Å². The molecule has 0 fully saturated rings. The predicted molar refractivity (Wildman–Crippen MR) is 95.5 cm³/mol. The van der Waals surface area contributed by atoms with E-state index in [2.05, 4.69) is 44.0 Å². The Kier molecular flexibility index (Phi) is 10.4. The van der Waals surface area contributed by atoms with Gasteiger partial charge >= 0.3 is 0 Å². The highest BCUT2D eigenvalue weighted by molar-refractivity contribution is 5.20. The van der Waals surface area contributed by atoms with E-state index in [-0.39, 0.29) is 0 Å². The highest BCUT2D eigenvalue weighted by atomic mass is 15.1. The van der Waals surface area contributed by atoms with Crippen LogP contribution in [-0.2, 0) is 0 Å². The molecule has 1 atom stereocenters. The van der Waals surface area contributed by atoms with Gasteiger partial charge in [-0.2, -0.15) is 0 Å². The van der Waals surface area contributed by atoms with Crippen molar-refractivity contribution in [2.24, 2.45) is 0 Å². The van der Waals surface area contributed by atoms with Gasteiger partial charge in [-0.05, 0) is 32.5 Å². The number of unbranched alkanes of at least 4 members (excludes halogenated alkanes) is 10. The van der Waals surface area contributed by atoms with Crippen LogP contribution >= 0.6 is 0 Å². The van der Waals surface area contributed by atoms with Crippen LogP contribution in [0.3, 0.4) is 0 Å². The minimum atomic E-state index is 0.595. The van der Waals surface area contributed by atoms with Crippen molar-refractivity contribution in [2.45, 2.75) is 97.4 Å². The Morgan fingerprint density at radius 2 is 1.38 bits per heavy atom. The zero-order valence-corrected chi connectivity index (χ0v) is 14.7. The Bertz CT molecular complexity index is 303. The Morgan fingerprint density at radius 3 is 1.95 bits per heavy atom. The fraction of sp³-hybridized carbons (Fsp3) is 0.800. The molecule has 0 radical (unpaired) electrons. The summed E-state index contributed by atoms with van der Waals surface area (Å²) in [5.41, 5.74) is 1.49. The molecule has 0 spiro atoms. The average Bonchev–Trinajstić information content (AvgIpc) is 2.49. The molecule has 1 unspecified atom stereocenters. The van der Waals surface area contributed by atoms with Crippen molar-refractivity contribution in [3.05, 3.63) is 23.9 Å². The Labute approximate surface area is 133 Å². The highest BCUT2D eigenvalue weighted by Crippen LogP contribution is 2.17. The summed E-state index contributed by atoms with van der Waals surface area (Å²) < 4.78 is 0. The lowest BCUT2D eigenvalue weighted by molar-refractivity contribution is 0.311. The van der Waals surface area contributed by atoms with Gasteiger partial charge in [0, 0.05) is 12.6 Å². The van der Waals surface area contributed by atoms with Crippen molar-refractivity contribution in [1.82, 2.24) is 4.90 Å². The zero-order chi connectivity index (χ0) is 15.3. The standard InChI is InChI=1S/C20H37N/c1-4-5-6-7-8-9-10-11-12-13-14-17-21-18-15-16-19(2)20(21)3/h15-16,18,20H,4-14,17H2,1-3H3. The number of rotatable bonds is 12. The first-order valence-corrected chi connectivity index (χ1v) is 9.36. The van der Waals surface area contributed by atoms with Crippen LogP contribution in [0, 0.1) is 0 Å². The second kappa shape index (κ2) is 11.9. The molecule has 1 rings (SSSR count). The number of allylic oxidation sites excluding steroid dienone is 2. The minimum Gasteiger partial charge on any atom is -0.371 e. The van der Waals surface area contributed by atoms with Crippen molar-refractivity contribution in [2.75, 3.05) is 6.54 Å². The van der Waals surface area contributed by atoms with E-state index in [4.69, 9.17) is 0 Å². The monoisotopic (exact) mass is 291 g/mol. The van der Waals surface area contributed by atoms with Gasteiger partial charge in [0.25, 0.3) is 0 Å². The molecule has 0 aromatic rings. The molecule has 0 N–H and O–H groups in total. The lowest BCUT2D eigenvalue weighted by atomic mass is 10.0. The third-order valence-electron chi connectivity index (χ3n) is 4.81. The van der Waals surface area contributed by atoms with Gasteiger partial charge in [-0.1, -0.05) is 82.8 Å². The molecule has 1 nitrogen and oxygen atoms in total. The van der Waals surface area contributed by atoms with Crippen LogP contribution in [-0.4, -0.2) is 17.5 Å². The number of nitrogens with zero attached hydrogens (tertiary/aromatic N) is 1. The predicted octanol–water partition coefficient (Wildman–Crippen LogP) is 6.46. The summed E-state index contributed by atoms with van der Waals surface area (Å²) in [6, 6.07) is 0.595. The number of hydrogen-bond donors (Lipinski definition) is 0. The van der Waals surface area contributed by atoms with Gasteiger partial charge in [-0.25, -0.2) is 0 Å². The Balaban J connectivity index is 1.87. The van der Waals surface area contributed by atoms with Crippen molar-refractivity contribution >= 4 is 0 Å². The van der Waals surface area contributed by atoms with E-state index in [1.54, 1.807) is 0 Å². The SMILES string of the molecule is CCCCCCCCCCCCCN1C=CC=C(C)C1C. The van der Waals surface area contributed by atoms with Crippen LogP contribution < -0.4 is 0 Å². The highest BCUT2D eigenvalue weighted by Gasteiger charge is 2.13. The van der Waals surface area contributed by atoms with Crippen molar-refractivity contribution in [3.8, 4) is 0 Å². The molecule has 0 bridgehead atoms. The van der Waals surface area contributed by atoms with Gasteiger partial charge in [0.1, 0.15) is 0 Å². The molecule has 0 amide bonds. The van der Waals surface area contributed by atoms with Crippen LogP contribution in [0.1, 0.15) is 91.4 Å². The summed E-state index contributed by atoms with van der Waals surface area (Å²) in [4.78, 5) is 2.49.